The van der Waals surface area contributed by atoms with Crippen LogP contribution < -0.4 is 5.32 Å². The fraction of sp³-hybridized carbons (Fsp3) is 0.529. The molecular formula is C17H22FNO3. The minimum atomic E-state index is -0.858. The molecule has 4 nitrogen and oxygen atoms in total. The summed E-state index contributed by atoms with van der Waals surface area (Å²) in [5, 5.41) is 12.3. The van der Waals surface area contributed by atoms with Gasteiger partial charge in [-0.15, -0.1) is 0 Å². The third kappa shape index (κ3) is 4.06. The Bertz CT molecular complexity index is 559. The molecule has 2 N–H and O–H groups in total. The normalized spacial score (nSPS) is 22.5. The lowest BCUT2D eigenvalue weighted by Crippen LogP contribution is -2.44. The molecule has 0 heterocycles. The third-order valence-corrected chi connectivity index (χ3v) is 4.33. The Kier molecular flexibility index (Phi) is 5.52. The maximum absolute atomic E-state index is 13.1. The van der Waals surface area contributed by atoms with Gasteiger partial charge in [0.2, 0.25) is 0 Å². The van der Waals surface area contributed by atoms with E-state index < -0.39 is 11.9 Å². The largest absolute Gasteiger partial charge is 0.481 e. The second kappa shape index (κ2) is 7.38. The number of carboxylic acids is 1. The van der Waals surface area contributed by atoms with E-state index in [1.54, 1.807) is 6.92 Å². The molecule has 0 radical (unpaired) electrons. The molecule has 0 saturated heterocycles. The van der Waals surface area contributed by atoms with E-state index in [9.17, 15) is 19.1 Å². The van der Waals surface area contributed by atoms with Gasteiger partial charge >= 0.3 is 5.97 Å². The molecule has 1 aromatic rings. The number of carbonyl (C=O) groups is 2. The van der Waals surface area contributed by atoms with Gasteiger partial charge in [-0.3, -0.25) is 9.59 Å². The van der Waals surface area contributed by atoms with E-state index in [1.165, 1.54) is 18.2 Å². The fourth-order valence-corrected chi connectivity index (χ4v) is 3.08. The van der Waals surface area contributed by atoms with E-state index in [4.69, 9.17) is 0 Å². The van der Waals surface area contributed by atoms with Crippen molar-refractivity contribution in [2.24, 2.45) is 5.92 Å². The number of nitrogens with one attached hydrogen (secondary N) is 1. The second-order valence-electron chi connectivity index (χ2n) is 5.98. The highest BCUT2D eigenvalue weighted by Gasteiger charge is 2.30. The summed E-state index contributed by atoms with van der Waals surface area (Å²) in [5.74, 6) is -2.12. The van der Waals surface area contributed by atoms with Crippen molar-refractivity contribution in [1.82, 2.24) is 5.32 Å². The van der Waals surface area contributed by atoms with E-state index in [0.717, 1.165) is 25.7 Å². The minimum Gasteiger partial charge on any atom is -0.481 e. The molecule has 0 aliphatic heterocycles. The summed E-state index contributed by atoms with van der Waals surface area (Å²) >= 11 is 0. The van der Waals surface area contributed by atoms with E-state index in [2.05, 4.69) is 5.32 Å². The van der Waals surface area contributed by atoms with Gasteiger partial charge in [0.15, 0.2) is 0 Å². The summed E-state index contributed by atoms with van der Waals surface area (Å²) in [6.07, 6.45) is 5.15. The van der Waals surface area contributed by atoms with Crippen LogP contribution in [0.5, 0.6) is 0 Å². The van der Waals surface area contributed by atoms with Crippen molar-refractivity contribution in [3.05, 3.63) is 35.1 Å². The number of carbonyl (C=O) groups excluding carboxylic acids is 1. The van der Waals surface area contributed by atoms with Crippen LogP contribution in [0.15, 0.2) is 18.2 Å². The van der Waals surface area contributed by atoms with Gasteiger partial charge in [0, 0.05) is 11.6 Å². The molecule has 2 rings (SSSR count). The number of aliphatic carboxylic acids is 1. The number of amides is 1. The molecule has 5 heteroatoms. The molecule has 0 bridgehead atoms. The zero-order chi connectivity index (χ0) is 16.1. The number of hydrogen-bond donors (Lipinski definition) is 2. The van der Waals surface area contributed by atoms with Crippen LogP contribution in [-0.4, -0.2) is 23.0 Å². The van der Waals surface area contributed by atoms with E-state index in [1.807, 2.05) is 0 Å². The van der Waals surface area contributed by atoms with Crippen LogP contribution in [0.4, 0.5) is 4.39 Å². The summed E-state index contributed by atoms with van der Waals surface area (Å²) in [5.41, 5.74) is 0.947. The topological polar surface area (TPSA) is 66.4 Å². The van der Waals surface area contributed by atoms with Crippen molar-refractivity contribution in [3.8, 4) is 0 Å². The van der Waals surface area contributed by atoms with Crippen molar-refractivity contribution in [2.45, 2.75) is 51.5 Å². The van der Waals surface area contributed by atoms with Crippen LogP contribution in [0, 0.1) is 18.7 Å². The third-order valence-electron chi connectivity index (χ3n) is 4.33. The minimum absolute atomic E-state index is 0.325. The van der Waals surface area contributed by atoms with Gasteiger partial charge in [-0.1, -0.05) is 25.7 Å². The van der Waals surface area contributed by atoms with Gasteiger partial charge in [-0.05, 0) is 43.5 Å². The van der Waals surface area contributed by atoms with Crippen molar-refractivity contribution < 1.29 is 19.1 Å². The average molecular weight is 307 g/mol. The van der Waals surface area contributed by atoms with Crippen LogP contribution in [0.3, 0.4) is 0 Å². The molecule has 2 unspecified atom stereocenters. The molecule has 2 atom stereocenters. The predicted octanol–water partition coefficient (Wildman–Crippen LogP) is 3.29. The summed E-state index contributed by atoms with van der Waals surface area (Å²) in [7, 11) is 0. The number of hydrogen-bond acceptors (Lipinski definition) is 2. The van der Waals surface area contributed by atoms with Gasteiger partial charge in [0.1, 0.15) is 5.82 Å². The van der Waals surface area contributed by atoms with Gasteiger partial charge in [0.05, 0.1) is 5.92 Å². The van der Waals surface area contributed by atoms with Gasteiger partial charge < -0.3 is 10.4 Å². The molecule has 1 amide bonds. The Labute approximate surface area is 129 Å². The lowest BCUT2D eigenvalue weighted by Gasteiger charge is -2.27. The number of rotatable bonds is 3. The van der Waals surface area contributed by atoms with Crippen LogP contribution in [-0.2, 0) is 4.79 Å². The lowest BCUT2D eigenvalue weighted by molar-refractivity contribution is -0.143. The monoisotopic (exact) mass is 307 g/mol. The Hall–Kier alpha value is -1.91. The van der Waals surface area contributed by atoms with Crippen LogP contribution in [0.2, 0.25) is 0 Å². The number of benzene rings is 1. The highest BCUT2D eigenvalue weighted by Crippen LogP contribution is 2.24. The smallest absolute Gasteiger partial charge is 0.308 e. The maximum Gasteiger partial charge on any atom is 0.308 e. The Morgan fingerprint density at radius 1 is 1.18 bits per heavy atom. The van der Waals surface area contributed by atoms with Crippen LogP contribution in [0.25, 0.3) is 0 Å². The highest BCUT2D eigenvalue weighted by molar-refractivity contribution is 5.96. The molecule has 22 heavy (non-hydrogen) atoms. The predicted molar refractivity (Wildman–Crippen MR) is 81.2 cm³/mol. The van der Waals surface area contributed by atoms with Gasteiger partial charge in [-0.25, -0.2) is 4.39 Å². The standard InChI is InChI=1S/C17H22FNO3/c1-11-10-12(18)8-9-13(11)16(20)19-15-7-5-3-2-4-6-14(15)17(21)22/h8-10,14-15H,2-7H2,1H3,(H,19,20)(H,21,22). The summed E-state index contributed by atoms with van der Waals surface area (Å²) < 4.78 is 13.1. The Balaban J connectivity index is 2.14. The molecule has 1 saturated carbocycles. The summed E-state index contributed by atoms with van der Waals surface area (Å²) in [4.78, 5) is 23.8. The van der Waals surface area contributed by atoms with E-state index in [0.29, 0.717) is 24.0 Å². The molecule has 120 valence electrons. The van der Waals surface area contributed by atoms with Crippen molar-refractivity contribution in [2.75, 3.05) is 0 Å². The zero-order valence-electron chi connectivity index (χ0n) is 12.8. The van der Waals surface area contributed by atoms with Crippen LogP contribution >= 0.6 is 0 Å². The quantitative estimate of drug-likeness (QED) is 0.900. The Morgan fingerprint density at radius 2 is 1.86 bits per heavy atom. The maximum atomic E-state index is 13.1. The first-order valence-corrected chi connectivity index (χ1v) is 7.79. The van der Waals surface area contributed by atoms with Gasteiger partial charge in [0.25, 0.3) is 5.91 Å². The number of carboxylic acid groups (broad SMARTS) is 1. The zero-order valence-corrected chi connectivity index (χ0v) is 12.8. The number of halogens is 1. The lowest BCUT2D eigenvalue weighted by atomic mass is 9.86. The van der Waals surface area contributed by atoms with E-state index >= 15 is 0 Å². The van der Waals surface area contributed by atoms with Crippen LogP contribution in [0.1, 0.15) is 54.4 Å². The summed E-state index contributed by atoms with van der Waals surface area (Å²) in [6, 6.07) is 3.63. The highest BCUT2D eigenvalue weighted by atomic mass is 19.1. The molecular weight excluding hydrogens is 285 g/mol. The Morgan fingerprint density at radius 3 is 2.50 bits per heavy atom. The number of aryl methyl sites for hydroxylation is 1. The molecule has 0 spiro atoms. The van der Waals surface area contributed by atoms with Crippen molar-refractivity contribution in [1.29, 1.82) is 0 Å². The summed E-state index contributed by atoms with van der Waals surface area (Å²) in [6.45, 7) is 1.67. The SMILES string of the molecule is Cc1cc(F)ccc1C(=O)NC1CCCCCCC1C(=O)O. The van der Waals surface area contributed by atoms with Crippen molar-refractivity contribution in [3.63, 3.8) is 0 Å². The first kappa shape index (κ1) is 16.5. The first-order valence-electron chi connectivity index (χ1n) is 7.79. The first-order chi connectivity index (χ1) is 10.5. The molecule has 1 aliphatic carbocycles. The molecule has 1 aromatic carbocycles. The van der Waals surface area contributed by atoms with Gasteiger partial charge in [-0.2, -0.15) is 0 Å². The van der Waals surface area contributed by atoms with E-state index in [-0.39, 0.29) is 17.8 Å². The average Bonchev–Trinajstić information content (AvgIpc) is 2.41. The fourth-order valence-electron chi connectivity index (χ4n) is 3.08. The second-order valence-corrected chi connectivity index (χ2v) is 5.98. The molecule has 1 fully saturated rings. The van der Waals surface area contributed by atoms with Crippen molar-refractivity contribution >= 4 is 11.9 Å². The molecule has 0 aromatic heterocycles. The molecule has 1 aliphatic rings.